The van der Waals surface area contributed by atoms with Crippen LogP contribution in [-0.2, 0) is 16.1 Å². The van der Waals surface area contributed by atoms with Gasteiger partial charge in [0.25, 0.3) is 0 Å². The number of amides is 1. The smallest absolute Gasteiger partial charge is 0.303 e. The fraction of sp³-hybridized carbons (Fsp3) is 0.615. The van der Waals surface area contributed by atoms with Gasteiger partial charge in [-0.2, -0.15) is 0 Å². The van der Waals surface area contributed by atoms with E-state index in [-0.39, 0.29) is 18.7 Å². The molecule has 7 nitrogen and oxygen atoms in total. The van der Waals surface area contributed by atoms with Crippen LogP contribution in [0, 0.1) is 6.92 Å². The first-order valence-electron chi connectivity index (χ1n) is 6.68. The maximum atomic E-state index is 11.8. The number of rotatable bonds is 5. The van der Waals surface area contributed by atoms with Crippen LogP contribution in [0.2, 0.25) is 0 Å². The number of aliphatic carboxylic acids is 1. The van der Waals surface area contributed by atoms with Crippen LogP contribution in [0.1, 0.15) is 24.3 Å². The summed E-state index contributed by atoms with van der Waals surface area (Å²) >= 11 is 0. The summed E-state index contributed by atoms with van der Waals surface area (Å²) < 4.78 is 5.17. The number of carboxylic acid groups (broad SMARTS) is 1. The van der Waals surface area contributed by atoms with Crippen LogP contribution in [0.4, 0.5) is 0 Å². The summed E-state index contributed by atoms with van der Waals surface area (Å²) in [5.74, 6) is -0.187. The predicted molar refractivity (Wildman–Crippen MR) is 70.0 cm³/mol. The first kappa shape index (κ1) is 14.5. The normalized spacial score (nSPS) is 16.4. The van der Waals surface area contributed by atoms with E-state index in [1.165, 1.54) is 0 Å². The molecule has 0 spiro atoms. The molecule has 0 unspecified atom stereocenters. The van der Waals surface area contributed by atoms with Crippen molar-refractivity contribution in [3.8, 4) is 0 Å². The largest absolute Gasteiger partial charge is 0.481 e. The summed E-state index contributed by atoms with van der Waals surface area (Å²) in [5, 5.41) is 12.4. The molecule has 0 aliphatic carbocycles. The molecule has 1 saturated heterocycles. The molecular formula is C13H19N3O4. The van der Waals surface area contributed by atoms with Crippen LogP contribution >= 0.6 is 0 Å². The number of hydrogen-bond donors (Lipinski definition) is 1. The van der Waals surface area contributed by atoms with Crippen molar-refractivity contribution in [2.24, 2.45) is 0 Å². The minimum atomic E-state index is -0.933. The average Bonchev–Trinajstić information content (AvgIpc) is 2.82. The maximum Gasteiger partial charge on any atom is 0.303 e. The van der Waals surface area contributed by atoms with E-state index in [0.717, 1.165) is 24.5 Å². The Bertz CT molecular complexity index is 478. The van der Waals surface area contributed by atoms with Gasteiger partial charge < -0.3 is 14.5 Å². The van der Waals surface area contributed by atoms with Crippen molar-refractivity contribution in [2.45, 2.75) is 26.3 Å². The van der Waals surface area contributed by atoms with Crippen molar-refractivity contribution in [1.29, 1.82) is 0 Å². The molecule has 7 heteroatoms. The van der Waals surface area contributed by atoms with Gasteiger partial charge in [-0.3, -0.25) is 14.5 Å². The summed E-state index contributed by atoms with van der Waals surface area (Å²) in [6, 6.07) is 1.91. The van der Waals surface area contributed by atoms with Crippen LogP contribution in [-0.4, -0.2) is 58.1 Å². The van der Waals surface area contributed by atoms with Gasteiger partial charge in [-0.1, -0.05) is 5.16 Å². The SMILES string of the molecule is Cc1cc(CN2CCN(C(=O)CCC(=O)O)CC2)on1. The molecule has 2 rings (SSSR count). The summed E-state index contributed by atoms with van der Waals surface area (Å²) in [6.07, 6.45) is -0.0208. The molecule has 0 bridgehead atoms. The lowest BCUT2D eigenvalue weighted by molar-refractivity contribution is -0.141. The predicted octanol–water partition coefficient (Wildman–Crippen LogP) is 0.492. The molecule has 1 aliphatic heterocycles. The lowest BCUT2D eigenvalue weighted by Gasteiger charge is -2.34. The lowest BCUT2D eigenvalue weighted by Crippen LogP contribution is -2.48. The van der Waals surface area contributed by atoms with Gasteiger partial charge in [0, 0.05) is 38.7 Å². The van der Waals surface area contributed by atoms with E-state index in [9.17, 15) is 9.59 Å². The van der Waals surface area contributed by atoms with E-state index < -0.39 is 5.97 Å². The lowest BCUT2D eigenvalue weighted by atomic mass is 10.2. The van der Waals surface area contributed by atoms with E-state index >= 15 is 0 Å². The molecule has 1 N–H and O–H groups in total. The van der Waals surface area contributed by atoms with Crippen molar-refractivity contribution in [3.63, 3.8) is 0 Å². The Hall–Kier alpha value is -1.89. The van der Waals surface area contributed by atoms with Gasteiger partial charge >= 0.3 is 5.97 Å². The summed E-state index contributed by atoms with van der Waals surface area (Å²) in [4.78, 5) is 26.2. The van der Waals surface area contributed by atoms with E-state index in [2.05, 4.69) is 10.1 Å². The fourth-order valence-electron chi connectivity index (χ4n) is 2.24. The molecular weight excluding hydrogens is 262 g/mol. The van der Waals surface area contributed by atoms with Gasteiger partial charge in [0.2, 0.25) is 5.91 Å². The monoisotopic (exact) mass is 281 g/mol. The third kappa shape index (κ3) is 4.06. The summed E-state index contributed by atoms with van der Waals surface area (Å²) in [5.41, 5.74) is 0.863. The van der Waals surface area contributed by atoms with Gasteiger partial charge in [-0.25, -0.2) is 0 Å². The standard InChI is InChI=1S/C13H19N3O4/c1-10-8-11(20-14-10)9-15-4-6-16(7-5-15)12(17)2-3-13(18)19/h8H,2-7,9H2,1H3,(H,18,19). The number of piperazine rings is 1. The Kier molecular flexibility index (Phi) is 4.73. The molecule has 0 aromatic carbocycles. The van der Waals surface area contributed by atoms with Crippen LogP contribution in [0.5, 0.6) is 0 Å². The summed E-state index contributed by atoms with van der Waals surface area (Å²) in [6.45, 7) is 5.36. The molecule has 0 radical (unpaired) electrons. The molecule has 1 aliphatic rings. The number of carboxylic acids is 1. The maximum absolute atomic E-state index is 11.8. The van der Waals surface area contributed by atoms with E-state index in [0.29, 0.717) is 19.6 Å². The molecule has 20 heavy (non-hydrogen) atoms. The van der Waals surface area contributed by atoms with Gasteiger partial charge in [0.1, 0.15) is 0 Å². The molecule has 1 aromatic rings. The van der Waals surface area contributed by atoms with Gasteiger partial charge in [0.05, 0.1) is 18.7 Å². The average molecular weight is 281 g/mol. The molecule has 110 valence electrons. The van der Waals surface area contributed by atoms with Crippen molar-refractivity contribution < 1.29 is 19.2 Å². The molecule has 0 saturated carbocycles. The van der Waals surface area contributed by atoms with Crippen molar-refractivity contribution in [3.05, 3.63) is 17.5 Å². The fourth-order valence-corrected chi connectivity index (χ4v) is 2.24. The zero-order valence-electron chi connectivity index (χ0n) is 11.5. The van der Waals surface area contributed by atoms with Crippen LogP contribution in [0.25, 0.3) is 0 Å². The third-order valence-corrected chi connectivity index (χ3v) is 3.33. The van der Waals surface area contributed by atoms with Crippen molar-refractivity contribution in [1.82, 2.24) is 15.0 Å². The Balaban J connectivity index is 1.74. The number of aromatic nitrogens is 1. The minimum absolute atomic E-state index is 0.0800. The minimum Gasteiger partial charge on any atom is -0.481 e. The highest BCUT2D eigenvalue weighted by Gasteiger charge is 2.22. The molecule has 1 aromatic heterocycles. The highest BCUT2D eigenvalue weighted by molar-refractivity contribution is 5.80. The topological polar surface area (TPSA) is 86.9 Å². The molecule has 1 amide bonds. The zero-order chi connectivity index (χ0) is 14.5. The van der Waals surface area contributed by atoms with E-state index in [1.807, 2.05) is 13.0 Å². The molecule has 0 atom stereocenters. The highest BCUT2D eigenvalue weighted by atomic mass is 16.5. The van der Waals surface area contributed by atoms with Gasteiger partial charge in [-0.05, 0) is 6.92 Å². The first-order chi connectivity index (χ1) is 9.54. The second-order valence-electron chi connectivity index (χ2n) is 4.99. The number of carbonyl (C=O) groups excluding carboxylic acids is 1. The van der Waals surface area contributed by atoms with Gasteiger partial charge in [0.15, 0.2) is 5.76 Å². The second kappa shape index (κ2) is 6.51. The summed E-state index contributed by atoms with van der Waals surface area (Å²) in [7, 11) is 0. The van der Waals surface area contributed by atoms with Crippen LogP contribution in [0.15, 0.2) is 10.6 Å². The van der Waals surface area contributed by atoms with Crippen molar-refractivity contribution >= 4 is 11.9 Å². The Morgan fingerprint density at radius 2 is 2.00 bits per heavy atom. The van der Waals surface area contributed by atoms with E-state index in [4.69, 9.17) is 9.63 Å². The number of hydrogen-bond acceptors (Lipinski definition) is 5. The van der Waals surface area contributed by atoms with E-state index in [1.54, 1.807) is 4.90 Å². The first-order valence-corrected chi connectivity index (χ1v) is 6.68. The van der Waals surface area contributed by atoms with Crippen molar-refractivity contribution in [2.75, 3.05) is 26.2 Å². The zero-order valence-corrected chi connectivity index (χ0v) is 11.5. The second-order valence-corrected chi connectivity index (χ2v) is 4.99. The van der Waals surface area contributed by atoms with Crippen LogP contribution in [0.3, 0.4) is 0 Å². The number of carbonyl (C=O) groups is 2. The molecule has 2 heterocycles. The van der Waals surface area contributed by atoms with Crippen LogP contribution < -0.4 is 0 Å². The Labute approximate surface area is 117 Å². The van der Waals surface area contributed by atoms with Gasteiger partial charge in [-0.15, -0.1) is 0 Å². The quantitative estimate of drug-likeness (QED) is 0.845. The number of nitrogens with zero attached hydrogens (tertiary/aromatic N) is 3. The number of aryl methyl sites for hydroxylation is 1. The Morgan fingerprint density at radius 1 is 1.30 bits per heavy atom. The highest BCUT2D eigenvalue weighted by Crippen LogP contribution is 2.10. The Morgan fingerprint density at radius 3 is 2.55 bits per heavy atom. The molecule has 1 fully saturated rings. The third-order valence-electron chi connectivity index (χ3n) is 3.33.